The van der Waals surface area contributed by atoms with Gasteiger partial charge in [-0.05, 0) is 63.1 Å². The fourth-order valence-electron chi connectivity index (χ4n) is 5.19. The molecule has 0 amide bonds. The lowest BCUT2D eigenvalue weighted by atomic mass is 9.74. The Labute approximate surface area is 175 Å². The van der Waals surface area contributed by atoms with Gasteiger partial charge in [-0.25, -0.2) is 9.78 Å². The number of aryl methyl sites for hydroxylation is 1. The second kappa shape index (κ2) is 7.45. The van der Waals surface area contributed by atoms with E-state index in [-0.39, 0.29) is 16.9 Å². The Morgan fingerprint density at radius 1 is 1.23 bits per heavy atom. The Balaban J connectivity index is 1.34. The Kier molecular flexibility index (Phi) is 4.76. The fourth-order valence-corrected chi connectivity index (χ4v) is 5.19. The minimum atomic E-state index is -0.277. The summed E-state index contributed by atoms with van der Waals surface area (Å²) >= 11 is 0. The van der Waals surface area contributed by atoms with Crippen LogP contribution in [0.3, 0.4) is 0 Å². The molecule has 1 aliphatic carbocycles. The van der Waals surface area contributed by atoms with Crippen LogP contribution in [0.5, 0.6) is 0 Å². The number of carbonyl (C=O) groups is 1. The maximum Gasteiger partial charge on any atom is 0.338 e. The predicted octanol–water partition coefficient (Wildman–Crippen LogP) is 2.79. The Morgan fingerprint density at radius 2 is 2.03 bits per heavy atom. The second-order valence-electron chi connectivity index (χ2n) is 8.62. The number of carbonyl (C=O) groups excluding carboxylic acids is 1. The van der Waals surface area contributed by atoms with E-state index in [1.54, 1.807) is 0 Å². The molecule has 0 atom stereocenters. The lowest BCUT2D eigenvalue weighted by molar-refractivity contribution is 0.0526. The number of aromatic nitrogens is 2. The molecule has 0 unspecified atom stereocenters. The summed E-state index contributed by atoms with van der Waals surface area (Å²) < 4.78 is 5.13. The quantitative estimate of drug-likeness (QED) is 0.760. The molecule has 1 saturated heterocycles. The maximum absolute atomic E-state index is 12.5. The summed E-state index contributed by atoms with van der Waals surface area (Å²) in [7, 11) is 0. The number of hydrogen-bond donors (Lipinski definition) is 2. The summed E-state index contributed by atoms with van der Waals surface area (Å²) in [5, 5.41) is 3.50. The third-order valence-electron chi connectivity index (χ3n) is 6.92. The number of fused-ring (bicyclic) bond motifs is 3. The standard InChI is InChI=1S/C23H28N4O3/c1-2-30-21(29)15-7-8-17-19(13-15)24-14-23(17)9-11-27(12-10-23)22-25-18-6-4-3-5-16(18)20(28)26-22/h7-8,13,24H,2-6,9-12,14H2,1H3,(H,25,26,28). The Morgan fingerprint density at radius 3 is 2.83 bits per heavy atom. The van der Waals surface area contributed by atoms with E-state index in [2.05, 4.69) is 21.3 Å². The van der Waals surface area contributed by atoms with Crippen LogP contribution in [-0.2, 0) is 23.0 Å². The van der Waals surface area contributed by atoms with Crippen molar-refractivity contribution < 1.29 is 9.53 Å². The van der Waals surface area contributed by atoms with Crippen LogP contribution in [0.15, 0.2) is 23.0 Å². The van der Waals surface area contributed by atoms with Crippen LogP contribution in [0.25, 0.3) is 0 Å². The van der Waals surface area contributed by atoms with Crippen molar-refractivity contribution in [3.8, 4) is 0 Å². The highest BCUT2D eigenvalue weighted by Crippen LogP contribution is 2.44. The first kappa shape index (κ1) is 19.2. The van der Waals surface area contributed by atoms with Gasteiger partial charge in [0.2, 0.25) is 5.95 Å². The average molecular weight is 409 g/mol. The summed E-state index contributed by atoms with van der Waals surface area (Å²) in [4.78, 5) is 34.6. The summed E-state index contributed by atoms with van der Waals surface area (Å²) in [5.74, 6) is 0.444. The van der Waals surface area contributed by atoms with E-state index in [1.165, 1.54) is 5.56 Å². The van der Waals surface area contributed by atoms with Crippen LogP contribution in [0, 0.1) is 0 Å². The van der Waals surface area contributed by atoms with Gasteiger partial charge in [-0.3, -0.25) is 9.78 Å². The molecule has 3 aliphatic rings. The topological polar surface area (TPSA) is 87.3 Å². The van der Waals surface area contributed by atoms with Gasteiger partial charge in [-0.15, -0.1) is 0 Å². The molecule has 1 aromatic carbocycles. The molecule has 158 valence electrons. The Bertz CT molecular complexity index is 1040. The van der Waals surface area contributed by atoms with Crippen molar-refractivity contribution in [1.29, 1.82) is 0 Å². The third kappa shape index (κ3) is 3.16. The highest BCUT2D eigenvalue weighted by molar-refractivity contribution is 5.91. The van der Waals surface area contributed by atoms with Crippen molar-refractivity contribution in [1.82, 2.24) is 9.97 Å². The zero-order valence-electron chi connectivity index (χ0n) is 17.4. The fraction of sp³-hybridized carbons (Fsp3) is 0.522. The summed E-state index contributed by atoms with van der Waals surface area (Å²) in [5.41, 5.74) is 4.87. The van der Waals surface area contributed by atoms with Gasteiger partial charge in [0, 0.05) is 36.3 Å². The van der Waals surface area contributed by atoms with Crippen molar-refractivity contribution in [3.05, 3.63) is 50.9 Å². The van der Waals surface area contributed by atoms with Crippen LogP contribution < -0.4 is 15.8 Å². The molecule has 1 spiro atoms. The first-order valence-electron chi connectivity index (χ1n) is 11.0. The molecule has 0 bridgehead atoms. The van der Waals surface area contributed by atoms with Crippen molar-refractivity contribution in [3.63, 3.8) is 0 Å². The number of rotatable bonds is 3. The number of H-pyrrole nitrogens is 1. The first-order valence-corrected chi connectivity index (χ1v) is 11.0. The molecule has 2 N–H and O–H groups in total. The van der Waals surface area contributed by atoms with E-state index in [0.717, 1.165) is 81.1 Å². The molecule has 5 rings (SSSR count). The molecule has 1 fully saturated rings. The van der Waals surface area contributed by atoms with E-state index in [1.807, 2.05) is 19.1 Å². The predicted molar refractivity (Wildman–Crippen MR) is 116 cm³/mol. The number of nitrogens with zero attached hydrogens (tertiary/aromatic N) is 2. The zero-order chi connectivity index (χ0) is 20.7. The molecule has 2 aliphatic heterocycles. The number of nitrogens with one attached hydrogen (secondary N) is 2. The molecule has 0 radical (unpaired) electrons. The monoisotopic (exact) mass is 408 g/mol. The number of esters is 1. The van der Waals surface area contributed by atoms with E-state index >= 15 is 0 Å². The van der Waals surface area contributed by atoms with Gasteiger partial charge in [-0.2, -0.15) is 0 Å². The van der Waals surface area contributed by atoms with Crippen molar-refractivity contribution in [2.75, 3.05) is 36.5 Å². The van der Waals surface area contributed by atoms with E-state index in [0.29, 0.717) is 12.2 Å². The van der Waals surface area contributed by atoms with Crippen LogP contribution in [0.1, 0.15) is 59.8 Å². The van der Waals surface area contributed by atoms with Gasteiger partial charge < -0.3 is 15.0 Å². The zero-order valence-corrected chi connectivity index (χ0v) is 17.4. The van der Waals surface area contributed by atoms with Crippen LogP contribution >= 0.6 is 0 Å². The van der Waals surface area contributed by atoms with E-state index < -0.39 is 0 Å². The summed E-state index contributed by atoms with van der Waals surface area (Å²) in [6.07, 6.45) is 5.90. The second-order valence-corrected chi connectivity index (χ2v) is 8.62. The number of piperidine rings is 1. The number of benzene rings is 1. The molecular weight excluding hydrogens is 380 g/mol. The SMILES string of the molecule is CCOC(=O)c1ccc2c(c1)NCC21CCN(c2nc3c(c(=O)[nH]2)CCCC3)CC1. The largest absolute Gasteiger partial charge is 0.462 e. The number of aromatic amines is 1. The first-order chi connectivity index (χ1) is 14.6. The minimum Gasteiger partial charge on any atom is -0.462 e. The lowest BCUT2D eigenvalue weighted by Crippen LogP contribution is -2.45. The molecule has 2 aromatic rings. The van der Waals surface area contributed by atoms with Crippen LogP contribution in [0.4, 0.5) is 11.6 Å². The molecular formula is C23H28N4O3. The van der Waals surface area contributed by atoms with Crippen LogP contribution in [-0.4, -0.2) is 42.2 Å². The minimum absolute atomic E-state index is 0.0364. The molecule has 30 heavy (non-hydrogen) atoms. The van der Waals surface area contributed by atoms with Gasteiger partial charge in [0.25, 0.3) is 5.56 Å². The smallest absolute Gasteiger partial charge is 0.338 e. The maximum atomic E-state index is 12.5. The summed E-state index contributed by atoms with van der Waals surface area (Å²) in [6, 6.07) is 5.87. The van der Waals surface area contributed by atoms with Crippen LogP contribution in [0.2, 0.25) is 0 Å². The number of anilines is 2. The Hall–Kier alpha value is -2.83. The molecule has 3 heterocycles. The van der Waals surface area contributed by atoms with Crippen molar-refractivity contribution in [2.24, 2.45) is 0 Å². The van der Waals surface area contributed by atoms with E-state index in [4.69, 9.17) is 9.72 Å². The van der Waals surface area contributed by atoms with Gasteiger partial charge in [0.05, 0.1) is 17.9 Å². The van der Waals surface area contributed by atoms with Gasteiger partial charge in [0.1, 0.15) is 0 Å². The van der Waals surface area contributed by atoms with E-state index in [9.17, 15) is 9.59 Å². The summed E-state index contributed by atoms with van der Waals surface area (Å²) in [6.45, 7) is 4.76. The molecule has 7 nitrogen and oxygen atoms in total. The van der Waals surface area contributed by atoms with Gasteiger partial charge in [-0.1, -0.05) is 6.07 Å². The molecule has 7 heteroatoms. The lowest BCUT2D eigenvalue weighted by Gasteiger charge is -2.39. The highest BCUT2D eigenvalue weighted by Gasteiger charge is 2.42. The van der Waals surface area contributed by atoms with Crippen molar-refractivity contribution in [2.45, 2.75) is 50.9 Å². The third-order valence-corrected chi connectivity index (χ3v) is 6.92. The average Bonchev–Trinajstić information content (AvgIpc) is 3.12. The highest BCUT2D eigenvalue weighted by atomic mass is 16.5. The van der Waals surface area contributed by atoms with Gasteiger partial charge in [0.15, 0.2) is 0 Å². The van der Waals surface area contributed by atoms with Crippen molar-refractivity contribution >= 4 is 17.6 Å². The number of ether oxygens (including phenoxy) is 1. The number of hydrogen-bond acceptors (Lipinski definition) is 6. The normalized spacial score (nSPS) is 19.2. The van der Waals surface area contributed by atoms with Gasteiger partial charge >= 0.3 is 5.97 Å². The molecule has 1 aromatic heterocycles. The molecule has 0 saturated carbocycles.